The van der Waals surface area contributed by atoms with Gasteiger partial charge in [0, 0.05) is 24.8 Å². The van der Waals surface area contributed by atoms with E-state index in [1.165, 1.54) is 0 Å². The van der Waals surface area contributed by atoms with Crippen molar-refractivity contribution in [2.24, 2.45) is 4.99 Å². The Balaban J connectivity index is 2.90. The molecule has 0 aromatic rings. The number of methoxy groups -OCH3 is 2. The standard InChI is InChI=1S/C9H15NO2/c1-6-5-8(11-3)7(2)9(10-6)12-4/h8H,5H2,1-4H3. The van der Waals surface area contributed by atoms with Gasteiger partial charge in [0.25, 0.3) is 0 Å². The molecule has 1 atom stereocenters. The summed E-state index contributed by atoms with van der Waals surface area (Å²) in [6, 6.07) is 0. The van der Waals surface area contributed by atoms with E-state index in [4.69, 9.17) is 9.47 Å². The molecule has 3 nitrogen and oxygen atoms in total. The summed E-state index contributed by atoms with van der Waals surface area (Å²) in [7, 11) is 3.34. The summed E-state index contributed by atoms with van der Waals surface area (Å²) in [5.41, 5.74) is 2.13. The summed E-state index contributed by atoms with van der Waals surface area (Å²) in [6.45, 7) is 3.97. The lowest BCUT2D eigenvalue weighted by Crippen LogP contribution is -2.21. The van der Waals surface area contributed by atoms with Crippen LogP contribution in [0.1, 0.15) is 20.3 Å². The van der Waals surface area contributed by atoms with Gasteiger partial charge in [0.15, 0.2) is 0 Å². The third kappa shape index (κ3) is 1.67. The molecule has 1 unspecified atom stereocenters. The Morgan fingerprint density at radius 1 is 1.33 bits per heavy atom. The molecule has 0 spiro atoms. The second-order valence-corrected chi connectivity index (χ2v) is 2.97. The topological polar surface area (TPSA) is 30.8 Å². The maximum absolute atomic E-state index is 5.29. The molecule has 12 heavy (non-hydrogen) atoms. The highest BCUT2D eigenvalue weighted by Gasteiger charge is 2.20. The van der Waals surface area contributed by atoms with Crippen molar-refractivity contribution in [1.82, 2.24) is 0 Å². The van der Waals surface area contributed by atoms with Gasteiger partial charge in [-0.1, -0.05) is 0 Å². The molecule has 3 heteroatoms. The molecule has 0 aromatic carbocycles. The zero-order valence-electron chi connectivity index (χ0n) is 8.05. The molecule has 1 aliphatic heterocycles. The molecule has 0 fully saturated rings. The van der Waals surface area contributed by atoms with E-state index >= 15 is 0 Å². The molecule has 0 N–H and O–H groups in total. The number of nitrogens with zero attached hydrogens (tertiary/aromatic N) is 1. The smallest absolute Gasteiger partial charge is 0.214 e. The van der Waals surface area contributed by atoms with Crippen LogP contribution in [0.2, 0.25) is 0 Å². The van der Waals surface area contributed by atoms with E-state index in [1.54, 1.807) is 14.2 Å². The predicted octanol–water partition coefficient (Wildman–Crippen LogP) is 1.74. The highest BCUT2D eigenvalue weighted by molar-refractivity contribution is 5.84. The maximum atomic E-state index is 5.29. The van der Waals surface area contributed by atoms with Crippen molar-refractivity contribution in [3.8, 4) is 0 Å². The number of hydrogen-bond donors (Lipinski definition) is 0. The van der Waals surface area contributed by atoms with E-state index in [2.05, 4.69) is 4.99 Å². The first-order valence-electron chi connectivity index (χ1n) is 4.00. The Labute approximate surface area is 73.1 Å². The van der Waals surface area contributed by atoms with Crippen LogP contribution in [-0.4, -0.2) is 26.0 Å². The van der Waals surface area contributed by atoms with Crippen molar-refractivity contribution >= 4 is 5.71 Å². The molecule has 0 aliphatic carbocycles. The summed E-state index contributed by atoms with van der Waals surface area (Å²) >= 11 is 0. The molecule has 1 rings (SSSR count). The van der Waals surface area contributed by atoms with Gasteiger partial charge in [-0.25, -0.2) is 4.99 Å². The Kier molecular flexibility index (Phi) is 2.87. The average Bonchev–Trinajstić information content (AvgIpc) is 2.08. The second-order valence-electron chi connectivity index (χ2n) is 2.97. The van der Waals surface area contributed by atoms with Crippen molar-refractivity contribution in [3.05, 3.63) is 11.5 Å². The van der Waals surface area contributed by atoms with Crippen molar-refractivity contribution in [3.63, 3.8) is 0 Å². The highest BCUT2D eigenvalue weighted by Crippen LogP contribution is 2.21. The van der Waals surface area contributed by atoms with Gasteiger partial charge < -0.3 is 9.47 Å². The van der Waals surface area contributed by atoms with Crippen LogP contribution in [0.25, 0.3) is 0 Å². The summed E-state index contributed by atoms with van der Waals surface area (Å²) in [5, 5.41) is 0. The number of aliphatic imine (C=N–C) groups is 1. The van der Waals surface area contributed by atoms with Gasteiger partial charge >= 0.3 is 0 Å². The Morgan fingerprint density at radius 2 is 2.00 bits per heavy atom. The Hall–Kier alpha value is -0.830. The molecule has 68 valence electrons. The van der Waals surface area contributed by atoms with Crippen LogP contribution in [0, 0.1) is 0 Å². The monoisotopic (exact) mass is 169 g/mol. The van der Waals surface area contributed by atoms with Crippen molar-refractivity contribution < 1.29 is 9.47 Å². The van der Waals surface area contributed by atoms with Crippen LogP contribution in [0.15, 0.2) is 16.4 Å². The van der Waals surface area contributed by atoms with Gasteiger partial charge in [-0.05, 0) is 13.8 Å². The molecule has 0 aromatic heterocycles. The lowest BCUT2D eigenvalue weighted by atomic mass is 10.0. The van der Waals surface area contributed by atoms with E-state index in [1.807, 2.05) is 13.8 Å². The van der Waals surface area contributed by atoms with E-state index in [0.717, 1.165) is 17.7 Å². The Bertz CT molecular complexity index is 231. The fourth-order valence-corrected chi connectivity index (χ4v) is 1.33. The summed E-state index contributed by atoms with van der Waals surface area (Å²) < 4.78 is 10.4. The van der Waals surface area contributed by atoms with Gasteiger partial charge in [0.1, 0.15) is 0 Å². The molecular weight excluding hydrogens is 154 g/mol. The molecule has 0 radical (unpaired) electrons. The number of hydrogen-bond acceptors (Lipinski definition) is 3. The predicted molar refractivity (Wildman–Crippen MR) is 48.2 cm³/mol. The third-order valence-corrected chi connectivity index (χ3v) is 2.07. The van der Waals surface area contributed by atoms with E-state index < -0.39 is 0 Å². The molecular formula is C9H15NO2. The van der Waals surface area contributed by atoms with E-state index in [0.29, 0.717) is 5.88 Å². The minimum Gasteiger partial charge on any atom is -0.481 e. The first-order valence-corrected chi connectivity index (χ1v) is 4.00. The van der Waals surface area contributed by atoms with Crippen molar-refractivity contribution in [1.29, 1.82) is 0 Å². The van der Waals surface area contributed by atoms with Gasteiger partial charge in [0.2, 0.25) is 5.88 Å². The molecule has 0 saturated heterocycles. The fraction of sp³-hybridized carbons (Fsp3) is 0.667. The fourth-order valence-electron chi connectivity index (χ4n) is 1.33. The van der Waals surface area contributed by atoms with Crippen LogP contribution in [0.4, 0.5) is 0 Å². The Morgan fingerprint density at radius 3 is 2.50 bits per heavy atom. The lowest BCUT2D eigenvalue weighted by molar-refractivity contribution is 0.127. The zero-order valence-corrected chi connectivity index (χ0v) is 8.05. The second kappa shape index (κ2) is 3.72. The average molecular weight is 169 g/mol. The largest absolute Gasteiger partial charge is 0.481 e. The van der Waals surface area contributed by atoms with Gasteiger partial charge in [-0.3, -0.25) is 0 Å². The zero-order chi connectivity index (χ0) is 9.14. The van der Waals surface area contributed by atoms with Crippen molar-refractivity contribution in [2.75, 3.05) is 14.2 Å². The van der Waals surface area contributed by atoms with E-state index in [9.17, 15) is 0 Å². The lowest BCUT2D eigenvalue weighted by Gasteiger charge is -2.21. The van der Waals surface area contributed by atoms with Crippen LogP contribution < -0.4 is 0 Å². The van der Waals surface area contributed by atoms with Crippen molar-refractivity contribution in [2.45, 2.75) is 26.4 Å². The minimum atomic E-state index is 0.137. The van der Waals surface area contributed by atoms with Crippen LogP contribution in [0.5, 0.6) is 0 Å². The van der Waals surface area contributed by atoms with Crippen LogP contribution in [-0.2, 0) is 9.47 Å². The molecule has 0 amide bonds. The number of ether oxygens (including phenoxy) is 2. The minimum absolute atomic E-state index is 0.137. The molecule has 0 saturated carbocycles. The summed E-state index contributed by atoms with van der Waals surface area (Å²) in [4.78, 5) is 4.27. The SMILES string of the molecule is COC1=C(C)C(OC)CC(C)=N1. The van der Waals surface area contributed by atoms with Crippen LogP contribution >= 0.6 is 0 Å². The normalized spacial score (nSPS) is 24.0. The van der Waals surface area contributed by atoms with E-state index in [-0.39, 0.29) is 6.10 Å². The number of rotatable bonds is 2. The first kappa shape index (κ1) is 9.26. The summed E-state index contributed by atoms with van der Waals surface area (Å²) in [5.74, 6) is 0.700. The van der Waals surface area contributed by atoms with Crippen LogP contribution in [0.3, 0.4) is 0 Å². The molecule has 1 heterocycles. The highest BCUT2D eigenvalue weighted by atomic mass is 16.5. The maximum Gasteiger partial charge on any atom is 0.214 e. The van der Waals surface area contributed by atoms with Gasteiger partial charge in [-0.2, -0.15) is 0 Å². The third-order valence-electron chi connectivity index (χ3n) is 2.07. The quantitative estimate of drug-likeness (QED) is 0.630. The van der Waals surface area contributed by atoms with Gasteiger partial charge in [0.05, 0.1) is 13.2 Å². The molecule has 1 aliphatic rings. The molecule has 0 bridgehead atoms. The first-order chi connectivity index (χ1) is 5.69. The summed E-state index contributed by atoms with van der Waals surface area (Å²) in [6.07, 6.45) is 1.01. The van der Waals surface area contributed by atoms with Gasteiger partial charge in [-0.15, -0.1) is 0 Å².